The molecule has 0 spiro atoms. The Morgan fingerprint density at radius 2 is 1.86 bits per heavy atom. The quantitative estimate of drug-likeness (QED) is 0.662. The van der Waals surface area contributed by atoms with E-state index in [1.54, 1.807) is 12.4 Å². The summed E-state index contributed by atoms with van der Waals surface area (Å²) in [5.74, 6) is 7.44. The van der Waals surface area contributed by atoms with Gasteiger partial charge in [0.15, 0.2) is 0 Å². The fraction of sp³-hybridized carbons (Fsp3) is 0.455. The molecule has 0 amide bonds. The van der Waals surface area contributed by atoms with Crippen molar-refractivity contribution in [2.24, 2.45) is 5.92 Å². The SMILES string of the molecule is Brc1cnc(C#CC2CCCC2)nc1. The molecule has 0 N–H and O–H groups in total. The second-order valence-corrected chi connectivity index (χ2v) is 4.39. The Balaban J connectivity index is 2.05. The molecule has 72 valence electrons. The van der Waals surface area contributed by atoms with Crippen molar-refractivity contribution in [3.8, 4) is 11.8 Å². The molecule has 1 saturated carbocycles. The topological polar surface area (TPSA) is 25.8 Å². The van der Waals surface area contributed by atoms with Crippen LogP contribution in [0.4, 0.5) is 0 Å². The summed E-state index contributed by atoms with van der Waals surface area (Å²) < 4.78 is 0.893. The Kier molecular flexibility index (Phi) is 3.15. The average Bonchev–Trinajstić information content (AvgIpc) is 2.70. The first-order chi connectivity index (χ1) is 6.84. The summed E-state index contributed by atoms with van der Waals surface area (Å²) in [5, 5.41) is 0. The zero-order valence-corrected chi connectivity index (χ0v) is 9.42. The van der Waals surface area contributed by atoms with Crippen LogP contribution in [0.1, 0.15) is 31.5 Å². The highest BCUT2D eigenvalue weighted by atomic mass is 79.9. The molecule has 14 heavy (non-hydrogen) atoms. The summed E-state index contributed by atoms with van der Waals surface area (Å²) in [7, 11) is 0. The summed E-state index contributed by atoms with van der Waals surface area (Å²) in [6.07, 6.45) is 8.57. The molecule has 2 rings (SSSR count). The third kappa shape index (κ3) is 2.55. The fourth-order valence-electron chi connectivity index (χ4n) is 1.61. The Labute approximate surface area is 92.3 Å². The first kappa shape index (κ1) is 9.67. The lowest BCUT2D eigenvalue weighted by molar-refractivity contribution is 0.711. The van der Waals surface area contributed by atoms with E-state index in [9.17, 15) is 0 Å². The summed E-state index contributed by atoms with van der Waals surface area (Å²) >= 11 is 3.29. The van der Waals surface area contributed by atoms with E-state index in [1.807, 2.05) is 0 Å². The van der Waals surface area contributed by atoms with E-state index in [0.29, 0.717) is 11.7 Å². The molecule has 0 atom stereocenters. The van der Waals surface area contributed by atoms with Crippen molar-refractivity contribution in [3.63, 3.8) is 0 Å². The highest BCUT2D eigenvalue weighted by molar-refractivity contribution is 9.10. The van der Waals surface area contributed by atoms with Gasteiger partial charge in [0.05, 0.1) is 4.47 Å². The zero-order valence-electron chi connectivity index (χ0n) is 7.83. The standard InChI is InChI=1S/C11H11BrN2/c12-10-7-13-11(14-8-10)6-5-9-3-1-2-4-9/h7-9H,1-4H2. The molecule has 1 aliphatic rings. The van der Waals surface area contributed by atoms with Crippen LogP contribution in [-0.2, 0) is 0 Å². The van der Waals surface area contributed by atoms with Gasteiger partial charge in [-0.3, -0.25) is 0 Å². The van der Waals surface area contributed by atoms with E-state index < -0.39 is 0 Å². The van der Waals surface area contributed by atoms with Gasteiger partial charge in [-0.2, -0.15) is 0 Å². The maximum atomic E-state index is 4.11. The molecule has 1 aliphatic carbocycles. The monoisotopic (exact) mass is 250 g/mol. The predicted molar refractivity (Wildman–Crippen MR) is 58.6 cm³/mol. The normalized spacial score (nSPS) is 16.4. The second kappa shape index (κ2) is 4.56. The van der Waals surface area contributed by atoms with Crippen molar-refractivity contribution >= 4 is 15.9 Å². The van der Waals surface area contributed by atoms with Gasteiger partial charge < -0.3 is 0 Å². The molecular weight excluding hydrogens is 240 g/mol. The van der Waals surface area contributed by atoms with Crippen molar-refractivity contribution in [1.29, 1.82) is 0 Å². The Bertz CT molecular complexity index is 355. The molecule has 0 saturated heterocycles. The minimum absolute atomic E-state index is 0.572. The van der Waals surface area contributed by atoms with E-state index in [0.717, 1.165) is 4.47 Å². The van der Waals surface area contributed by atoms with Crippen LogP contribution in [0.25, 0.3) is 0 Å². The van der Waals surface area contributed by atoms with Crippen LogP contribution in [-0.4, -0.2) is 9.97 Å². The minimum Gasteiger partial charge on any atom is -0.228 e. The van der Waals surface area contributed by atoms with Gasteiger partial charge in [0.2, 0.25) is 5.82 Å². The van der Waals surface area contributed by atoms with Gasteiger partial charge in [0, 0.05) is 18.3 Å². The van der Waals surface area contributed by atoms with Crippen LogP contribution in [0.3, 0.4) is 0 Å². The van der Waals surface area contributed by atoms with Gasteiger partial charge in [-0.25, -0.2) is 9.97 Å². The van der Waals surface area contributed by atoms with Gasteiger partial charge >= 0.3 is 0 Å². The number of nitrogens with zero attached hydrogens (tertiary/aromatic N) is 2. The van der Waals surface area contributed by atoms with E-state index in [2.05, 4.69) is 37.7 Å². The highest BCUT2D eigenvalue weighted by Crippen LogP contribution is 2.23. The van der Waals surface area contributed by atoms with E-state index >= 15 is 0 Å². The molecule has 1 heterocycles. The first-order valence-corrected chi connectivity index (χ1v) is 5.63. The van der Waals surface area contributed by atoms with E-state index in [1.165, 1.54) is 25.7 Å². The lowest BCUT2D eigenvalue weighted by atomic mass is 10.1. The van der Waals surface area contributed by atoms with Crippen LogP contribution < -0.4 is 0 Å². The molecule has 0 unspecified atom stereocenters. The number of hydrogen-bond donors (Lipinski definition) is 0. The minimum atomic E-state index is 0.572. The molecule has 0 radical (unpaired) electrons. The number of rotatable bonds is 0. The largest absolute Gasteiger partial charge is 0.228 e. The Hall–Kier alpha value is -0.880. The van der Waals surface area contributed by atoms with Crippen LogP contribution in [0, 0.1) is 17.8 Å². The maximum Gasteiger partial charge on any atom is 0.204 e. The third-order valence-electron chi connectivity index (χ3n) is 2.36. The van der Waals surface area contributed by atoms with Crippen molar-refractivity contribution in [2.45, 2.75) is 25.7 Å². The molecular formula is C11H11BrN2. The van der Waals surface area contributed by atoms with Crippen molar-refractivity contribution in [2.75, 3.05) is 0 Å². The number of hydrogen-bond acceptors (Lipinski definition) is 2. The molecule has 1 fully saturated rings. The van der Waals surface area contributed by atoms with E-state index in [-0.39, 0.29) is 0 Å². The van der Waals surface area contributed by atoms with Crippen LogP contribution in [0.2, 0.25) is 0 Å². The maximum absolute atomic E-state index is 4.11. The summed E-state index contributed by atoms with van der Waals surface area (Å²) in [4.78, 5) is 8.22. The summed E-state index contributed by atoms with van der Waals surface area (Å²) in [5.41, 5.74) is 0. The molecule has 0 aliphatic heterocycles. The Morgan fingerprint density at radius 1 is 1.21 bits per heavy atom. The number of aromatic nitrogens is 2. The highest BCUT2D eigenvalue weighted by Gasteiger charge is 2.11. The van der Waals surface area contributed by atoms with Crippen LogP contribution >= 0.6 is 15.9 Å². The van der Waals surface area contributed by atoms with Crippen LogP contribution in [0.15, 0.2) is 16.9 Å². The van der Waals surface area contributed by atoms with Crippen molar-refractivity contribution in [1.82, 2.24) is 9.97 Å². The molecule has 2 nitrogen and oxygen atoms in total. The van der Waals surface area contributed by atoms with Gasteiger partial charge in [0.25, 0.3) is 0 Å². The first-order valence-electron chi connectivity index (χ1n) is 4.84. The van der Waals surface area contributed by atoms with Gasteiger partial charge in [-0.1, -0.05) is 18.8 Å². The van der Waals surface area contributed by atoms with Gasteiger partial charge in [0.1, 0.15) is 0 Å². The Morgan fingerprint density at radius 3 is 2.50 bits per heavy atom. The zero-order chi connectivity index (χ0) is 9.80. The second-order valence-electron chi connectivity index (χ2n) is 3.48. The average molecular weight is 251 g/mol. The van der Waals surface area contributed by atoms with Gasteiger partial charge in [-0.05, 0) is 34.7 Å². The fourth-order valence-corrected chi connectivity index (χ4v) is 1.82. The third-order valence-corrected chi connectivity index (χ3v) is 2.77. The lowest BCUT2D eigenvalue weighted by Crippen LogP contribution is -1.90. The molecule has 0 aromatic carbocycles. The molecule has 1 aromatic rings. The van der Waals surface area contributed by atoms with Gasteiger partial charge in [-0.15, -0.1) is 0 Å². The number of halogens is 1. The van der Waals surface area contributed by atoms with Crippen molar-refractivity contribution in [3.05, 3.63) is 22.7 Å². The lowest BCUT2D eigenvalue weighted by Gasteiger charge is -1.94. The summed E-state index contributed by atoms with van der Waals surface area (Å²) in [6.45, 7) is 0. The van der Waals surface area contributed by atoms with E-state index in [4.69, 9.17) is 0 Å². The molecule has 0 bridgehead atoms. The summed E-state index contributed by atoms with van der Waals surface area (Å²) in [6, 6.07) is 0. The van der Waals surface area contributed by atoms with Crippen molar-refractivity contribution < 1.29 is 0 Å². The predicted octanol–water partition coefficient (Wildman–Crippen LogP) is 2.78. The smallest absolute Gasteiger partial charge is 0.204 e. The molecule has 1 aromatic heterocycles. The van der Waals surface area contributed by atoms with Crippen LogP contribution in [0.5, 0.6) is 0 Å². The molecule has 3 heteroatoms.